The van der Waals surface area contributed by atoms with E-state index in [2.05, 4.69) is 62.6 Å². The first-order valence-electron chi connectivity index (χ1n) is 5.88. The molecule has 0 amide bonds. The lowest BCUT2D eigenvalue weighted by Gasteiger charge is -2.17. The number of nitrogens with zero attached hydrogens (tertiary/aromatic N) is 2. The highest BCUT2D eigenvalue weighted by atomic mass is 16.1. The van der Waals surface area contributed by atoms with Gasteiger partial charge in [0.15, 0.2) is 0 Å². The lowest BCUT2D eigenvalue weighted by Crippen LogP contribution is -2.00. The molecule has 0 rings (SSSR count). The molecule has 0 aliphatic heterocycles. The van der Waals surface area contributed by atoms with E-state index in [4.69, 9.17) is 0 Å². The van der Waals surface area contributed by atoms with Gasteiger partial charge in [-0.1, -0.05) is 52.6 Å². The summed E-state index contributed by atoms with van der Waals surface area (Å²) >= 11 is 0. The molecular weight excluding hydrogens is 276 g/mol. The van der Waals surface area contributed by atoms with Crippen LogP contribution in [0.25, 0.3) is 0 Å². The van der Waals surface area contributed by atoms with Crippen molar-refractivity contribution in [2.75, 3.05) is 0 Å². The third kappa shape index (κ3) is 4.36. The lowest BCUT2D eigenvalue weighted by molar-refractivity contribution is 0.564. The maximum absolute atomic E-state index is 10.2. The molecule has 0 unspecified atom stereocenters. The molecule has 0 bridgehead atoms. The van der Waals surface area contributed by atoms with Gasteiger partial charge in [-0.25, -0.2) is 9.59 Å². The maximum atomic E-state index is 10.2. The van der Waals surface area contributed by atoms with Gasteiger partial charge in [-0.2, -0.15) is 9.98 Å². The van der Waals surface area contributed by atoms with Crippen LogP contribution < -0.4 is 0 Å². The molecule has 0 aliphatic carbocycles. The van der Waals surface area contributed by atoms with E-state index in [1.807, 2.05) is 0 Å². The summed E-state index contributed by atoms with van der Waals surface area (Å²) in [6.07, 6.45) is 2.74. The van der Waals surface area contributed by atoms with Gasteiger partial charge in [-0.15, -0.1) is 0 Å². The quantitative estimate of drug-likeness (QED) is 0.366. The Kier molecular flexibility index (Phi) is 6.86. The minimum Gasteiger partial charge on any atom is -0.211 e. The summed E-state index contributed by atoms with van der Waals surface area (Å²) in [5, 5.41) is 0. The summed E-state index contributed by atoms with van der Waals surface area (Å²) in [5.74, 6) is 0. The van der Waals surface area contributed by atoms with Gasteiger partial charge in [0.1, 0.15) is 0 Å². The highest BCUT2D eigenvalue weighted by Gasteiger charge is 2.15. The second kappa shape index (κ2) is 8.08. The smallest absolute Gasteiger partial charge is 0.211 e. The molecule has 0 aliphatic rings. The third-order valence-electron chi connectivity index (χ3n) is 2.88. The molecule has 4 heteroatoms. The molecule has 0 spiro atoms. The molecule has 0 radical (unpaired) electrons. The molecule has 4 nitrogen and oxygen atoms in total. The predicted molar refractivity (Wildman–Crippen MR) is 89.4 cm³/mol. The number of rotatable bonds is 9. The van der Waals surface area contributed by atoms with E-state index in [-0.39, 0.29) is 11.4 Å². The van der Waals surface area contributed by atoms with Crippen molar-refractivity contribution in [3.63, 3.8) is 0 Å². The van der Waals surface area contributed by atoms with Gasteiger partial charge >= 0.3 is 0 Å². The zero-order valence-corrected chi connectivity index (χ0v) is 12.4. The Hall–Kier alpha value is -3.32. The molecule has 0 fully saturated rings. The first kappa shape index (κ1) is 18.7. The summed E-state index contributed by atoms with van der Waals surface area (Å²) in [6, 6.07) is 0. The van der Waals surface area contributed by atoms with Crippen LogP contribution in [0.2, 0.25) is 0 Å². The van der Waals surface area contributed by atoms with Crippen molar-refractivity contribution >= 4 is 12.2 Å². The highest BCUT2D eigenvalue weighted by molar-refractivity contribution is 5.67. The van der Waals surface area contributed by atoms with E-state index in [0.717, 1.165) is 0 Å². The largest absolute Gasteiger partial charge is 0.240 e. The fourth-order valence-electron chi connectivity index (χ4n) is 1.32. The Labute approximate surface area is 130 Å². The van der Waals surface area contributed by atoms with E-state index >= 15 is 0 Å². The van der Waals surface area contributed by atoms with Gasteiger partial charge < -0.3 is 0 Å². The number of isocyanates is 2. The SMILES string of the molecule is C=C(N=C=O)C(=C)C(=C)C(=C)C(=C)C(=C)C(=C)C(=C)N=C=O. The van der Waals surface area contributed by atoms with Gasteiger partial charge in [0, 0.05) is 11.1 Å². The fraction of sp³-hybridized carbons (Fsp3) is 0. The summed E-state index contributed by atoms with van der Waals surface area (Å²) in [5.41, 5.74) is 2.44. The molecule has 110 valence electrons. The second-order valence-electron chi connectivity index (χ2n) is 4.17. The molecule has 22 heavy (non-hydrogen) atoms. The van der Waals surface area contributed by atoms with Crippen LogP contribution in [0.5, 0.6) is 0 Å². The monoisotopic (exact) mass is 292 g/mol. The van der Waals surface area contributed by atoms with Gasteiger partial charge in [0.25, 0.3) is 0 Å². The van der Waals surface area contributed by atoms with Gasteiger partial charge in [0.05, 0.1) is 11.4 Å². The van der Waals surface area contributed by atoms with E-state index in [0.29, 0.717) is 33.4 Å². The molecule has 0 atom stereocenters. The lowest BCUT2D eigenvalue weighted by atomic mass is 9.88. The average Bonchev–Trinajstić information content (AvgIpc) is 2.50. The number of aliphatic imine (C=N–C) groups is 2. The number of carbonyl (C=O) groups excluding carboxylic acids is 2. The average molecular weight is 292 g/mol. The van der Waals surface area contributed by atoms with Crippen LogP contribution >= 0.6 is 0 Å². The van der Waals surface area contributed by atoms with E-state index in [1.54, 1.807) is 0 Å². The first-order chi connectivity index (χ1) is 10.2. The fourth-order valence-corrected chi connectivity index (χ4v) is 1.32. The topological polar surface area (TPSA) is 58.9 Å². The first-order valence-corrected chi connectivity index (χ1v) is 5.88. The van der Waals surface area contributed by atoms with E-state index in [9.17, 15) is 9.59 Å². The van der Waals surface area contributed by atoms with Crippen molar-refractivity contribution in [3.05, 3.63) is 97.5 Å². The molecule has 0 heterocycles. The molecule has 0 N–H and O–H groups in total. The van der Waals surface area contributed by atoms with Crippen LogP contribution in [0, 0.1) is 0 Å². The summed E-state index contributed by atoms with van der Waals surface area (Å²) in [6.45, 7) is 29.9. The van der Waals surface area contributed by atoms with Crippen LogP contribution in [-0.2, 0) is 9.59 Å². The highest BCUT2D eigenvalue weighted by Crippen LogP contribution is 2.32. The van der Waals surface area contributed by atoms with Crippen molar-refractivity contribution in [1.82, 2.24) is 0 Å². The number of hydrogen-bond acceptors (Lipinski definition) is 4. The number of hydrogen-bond donors (Lipinski definition) is 0. The molecule has 0 aromatic rings. The standard InChI is InChI=1S/C18H16N2O2/c1-11(13(3)15(5)17(7)19-9-21)12(2)14(4)16(6)18(8)20-10-22/h1-8H2. The van der Waals surface area contributed by atoms with Crippen LogP contribution in [-0.4, -0.2) is 12.2 Å². The summed E-state index contributed by atoms with van der Waals surface area (Å²) in [4.78, 5) is 27.2. The van der Waals surface area contributed by atoms with E-state index < -0.39 is 0 Å². The van der Waals surface area contributed by atoms with Crippen molar-refractivity contribution < 1.29 is 9.59 Å². The van der Waals surface area contributed by atoms with Gasteiger partial charge in [-0.05, 0) is 22.3 Å². The van der Waals surface area contributed by atoms with Crippen molar-refractivity contribution in [3.8, 4) is 0 Å². The summed E-state index contributed by atoms with van der Waals surface area (Å²) < 4.78 is 0. The Balaban J connectivity index is 5.27. The van der Waals surface area contributed by atoms with Crippen molar-refractivity contribution in [2.24, 2.45) is 9.98 Å². The molecule has 0 aromatic carbocycles. The molecule has 0 saturated carbocycles. The van der Waals surface area contributed by atoms with Gasteiger partial charge in [-0.3, -0.25) is 0 Å². The Morgan fingerprint density at radius 2 is 0.727 bits per heavy atom. The van der Waals surface area contributed by atoms with Crippen LogP contribution in [0.1, 0.15) is 0 Å². The molecule has 0 aromatic heterocycles. The van der Waals surface area contributed by atoms with Crippen LogP contribution in [0.4, 0.5) is 0 Å². The minimum atomic E-state index is 0.119. The molecular formula is C18H16N2O2. The van der Waals surface area contributed by atoms with Crippen molar-refractivity contribution in [1.29, 1.82) is 0 Å². The van der Waals surface area contributed by atoms with Gasteiger partial charge in [0.2, 0.25) is 12.2 Å². The Morgan fingerprint density at radius 1 is 0.500 bits per heavy atom. The second-order valence-corrected chi connectivity index (χ2v) is 4.17. The van der Waals surface area contributed by atoms with E-state index in [1.165, 1.54) is 12.2 Å². The predicted octanol–water partition coefficient (Wildman–Crippen LogP) is 4.02. The normalized spacial score (nSPS) is 8.55. The summed E-state index contributed by atoms with van der Waals surface area (Å²) in [7, 11) is 0. The Morgan fingerprint density at radius 3 is 0.955 bits per heavy atom. The van der Waals surface area contributed by atoms with Crippen LogP contribution in [0.15, 0.2) is 107 Å². The number of allylic oxidation sites excluding steroid dienone is 4. The zero-order valence-electron chi connectivity index (χ0n) is 12.4. The van der Waals surface area contributed by atoms with Crippen molar-refractivity contribution in [2.45, 2.75) is 0 Å². The zero-order chi connectivity index (χ0) is 17.4. The third-order valence-corrected chi connectivity index (χ3v) is 2.88. The Bertz CT molecular complexity index is 671. The minimum absolute atomic E-state index is 0.119. The molecule has 0 saturated heterocycles. The maximum Gasteiger partial charge on any atom is 0.240 e. The van der Waals surface area contributed by atoms with Crippen LogP contribution in [0.3, 0.4) is 0 Å².